The molecule has 1 aromatic carbocycles. The predicted molar refractivity (Wildman–Crippen MR) is 79.3 cm³/mol. The quantitative estimate of drug-likeness (QED) is 0.659. The van der Waals surface area contributed by atoms with E-state index in [4.69, 9.17) is 0 Å². The van der Waals surface area contributed by atoms with Gasteiger partial charge in [0.15, 0.2) is 0 Å². The average molecular weight is 271 g/mol. The van der Waals surface area contributed by atoms with E-state index in [1.807, 2.05) is 13.8 Å². The molecule has 6 nitrogen and oxygen atoms in total. The Morgan fingerprint density at radius 1 is 1.15 bits per heavy atom. The number of H-pyrrole nitrogens is 1. The molecule has 1 heterocycles. The summed E-state index contributed by atoms with van der Waals surface area (Å²) in [6.45, 7) is 7.73. The number of nitrogens with one attached hydrogen (secondary N) is 2. The zero-order chi connectivity index (χ0) is 14.7. The second kappa shape index (κ2) is 5.64. The largest absolute Gasteiger partial charge is 0.288 e. The molecule has 0 fully saturated rings. The second-order valence-corrected chi connectivity index (χ2v) is 4.77. The lowest BCUT2D eigenvalue weighted by atomic mass is 10.0. The molecule has 0 aliphatic heterocycles. The van der Waals surface area contributed by atoms with Gasteiger partial charge in [0.05, 0.1) is 6.21 Å². The van der Waals surface area contributed by atoms with Crippen LogP contribution in [0.1, 0.15) is 27.9 Å². The molecule has 0 aliphatic rings. The van der Waals surface area contributed by atoms with Crippen LogP contribution in [0.5, 0.6) is 0 Å². The van der Waals surface area contributed by atoms with Crippen molar-refractivity contribution in [1.29, 1.82) is 0 Å². The monoisotopic (exact) mass is 271 g/mol. The summed E-state index contributed by atoms with van der Waals surface area (Å²) < 4.78 is 0. The molecule has 104 valence electrons. The van der Waals surface area contributed by atoms with Crippen LogP contribution in [0.3, 0.4) is 0 Å². The van der Waals surface area contributed by atoms with E-state index in [0.29, 0.717) is 5.69 Å². The molecule has 2 N–H and O–H groups in total. The molecule has 0 spiro atoms. The van der Waals surface area contributed by atoms with Gasteiger partial charge in [-0.05, 0) is 38.8 Å². The maximum absolute atomic E-state index is 11.4. The molecule has 20 heavy (non-hydrogen) atoms. The number of nitrogens with zero attached hydrogens (tertiary/aromatic N) is 3. The van der Waals surface area contributed by atoms with Crippen molar-refractivity contribution in [3.05, 3.63) is 50.4 Å². The van der Waals surface area contributed by atoms with Crippen LogP contribution in [-0.2, 0) is 0 Å². The number of aromatic amines is 1. The smallest absolute Gasteiger partial charge is 0.274 e. The highest BCUT2D eigenvalue weighted by atomic mass is 16.1. The number of aromatic nitrogens is 3. The van der Waals surface area contributed by atoms with E-state index in [9.17, 15) is 4.79 Å². The summed E-state index contributed by atoms with van der Waals surface area (Å²) in [5, 5.41) is 11.6. The molecule has 0 bridgehead atoms. The Balaban J connectivity index is 2.18. The van der Waals surface area contributed by atoms with Crippen LogP contribution in [0.2, 0.25) is 0 Å². The van der Waals surface area contributed by atoms with Gasteiger partial charge in [-0.2, -0.15) is 5.10 Å². The van der Waals surface area contributed by atoms with Crippen LogP contribution in [0, 0.1) is 27.7 Å². The van der Waals surface area contributed by atoms with Crippen molar-refractivity contribution in [3.8, 4) is 0 Å². The number of benzene rings is 1. The summed E-state index contributed by atoms with van der Waals surface area (Å²) in [7, 11) is 0. The minimum absolute atomic E-state index is 0.222. The maximum atomic E-state index is 11.4. The third-order valence-electron chi connectivity index (χ3n) is 2.96. The lowest BCUT2D eigenvalue weighted by molar-refractivity contribution is 0.897. The molecule has 0 unspecified atom stereocenters. The highest BCUT2D eigenvalue weighted by molar-refractivity contribution is 5.84. The van der Waals surface area contributed by atoms with Crippen molar-refractivity contribution < 1.29 is 0 Å². The molecular formula is C14H17N5O. The second-order valence-electron chi connectivity index (χ2n) is 4.77. The van der Waals surface area contributed by atoms with Gasteiger partial charge in [-0.3, -0.25) is 9.78 Å². The van der Waals surface area contributed by atoms with Crippen molar-refractivity contribution in [2.75, 3.05) is 5.43 Å². The normalized spacial score (nSPS) is 11.0. The van der Waals surface area contributed by atoms with E-state index in [0.717, 1.165) is 16.7 Å². The van der Waals surface area contributed by atoms with E-state index in [-0.39, 0.29) is 11.5 Å². The van der Waals surface area contributed by atoms with Gasteiger partial charge in [0.2, 0.25) is 5.95 Å². The Morgan fingerprint density at radius 3 is 2.40 bits per heavy atom. The molecule has 0 radical (unpaired) electrons. The van der Waals surface area contributed by atoms with Gasteiger partial charge in [0.25, 0.3) is 5.56 Å². The van der Waals surface area contributed by atoms with Crippen molar-refractivity contribution in [2.24, 2.45) is 5.10 Å². The number of hydrogen-bond acceptors (Lipinski definition) is 5. The minimum Gasteiger partial charge on any atom is -0.288 e. The number of hydrogen-bond donors (Lipinski definition) is 2. The van der Waals surface area contributed by atoms with Crippen molar-refractivity contribution in [2.45, 2.75) is 27.7 Å². The van der Waals surface area contributed by atoms with Crippen LogP contribution in [0.4, 0.5) is 5.95 Å². The Kier molecular flexibility index (Phi) is 3.93. The lowest BCUT2D eigenvalue weighted by Gasteiger charge is -2.06. The molecule has 0 amide bonds. The molecule has 0 saturated heterocycles. The van der Waals surface area contributed by atoms with E-state index in [1.165, 1.54) is 5.56 Å². The van der Waals surface area contributed by atoms with E-state index in [2.05, 4.69) is 44.8 Å². The van der Waals surface area contributed by atoms with Crippen LogP contribution >= 0.6 is 0 Å². The van der Waals surface area contributed by atoms with Crippen molar-refractivity contribution >= 4 is 12.2 Å². The Labute approximate surface area is 117 Å². The standard InChI is InChI=1S/C14H17N5O/c1-8-5-9(2)12(10(3)6-8)7-15-18-14-16-13(20)11(4)17-19-14/h5-7H,1-4H3,(H2,16,18,19,20). The summed E-state index contributed by atoms with van der Waals surface area (Å²) in [5.74, 6) is 0.222. The summed E-state index contributed by atoms with van der Waals surface area (Å²) in [6, 6.07) is 4.20. The SMILES string of the molecule is Cc1cc(C)c(C=NNc2nnc(C)c(=O)[nH]2)c(C)c1. The molecule has 0 saturated carbocycles. The molecule has 1 aromatic heterocycles. The molecule has 6 heteroatoms. The van der Waals surface area contributed by atoms with Crippen molar-refractivity contribution in [1.82, 2.24) is 15.2 Å². The van der Waals surface area contributed by atoms with Gasteiger partial charge < -0.3 is 0 Å². The topological polar surface area (TPSA) is 83.0 Å². The van der Waals surface area contributed by atoms with E-state index in [1.54, 1.807) is 13.1 Å². The first-order valence-electron chi connectivity index (χ1n) is 6.28. The molecule has 2 rings (SSSR count). The summed E-state index contributed by atoms with van der Waals surface area (Å²) in [5.41, 5.74) is 7.28. The third-order valence-corrected chi connectivity index (χ3v) is 2.96. The summed E-state index contributed by atoms with van der Waals surface area (Å²) in [6.07, 6.45) is 1.71. The first kappa shape index (κ1) is 13.9. The third kappa shape index (κ3) is 3.09. The zero-order valence-electron chi connectivity index (χ0n) is 12.0. The number of aryl methyl sites for hydroxylation is 4. The van der Waals surface area contributed by atoms with Crippen LogP contribution < -0.4 is 11.0 Å². The van der Waals surface area contributed by atoms with Gasteiger partial charge in [0, 0.05) is 5.56 Å². The Bertz CT molecular complexity index is 695. The van der Waals surface area contributed by atoms with Gasteiger partial charge in [-0.25, -0.2) is 5.43 Å². The van der Waals surface area contributed by atoms with E-state index >= 15 is 0 Å². The van der Waals surface area contributed by atoms with Gasteiger partial charge in [-0.15, -0.1) is 10.2 Å². The Morgan fingerprint density at radius 2 is 1.80 bits per heavy atom. The van der Waals surface area contributed by atoms with Crippen LogP contribution in [0.15, 0.2) is 22.0 Å². The number of rotatable bonds is 3. The van der Waals surface area contributed by atoms with Crippen LogP contribution in [-0.4, -0.2) is 21.4 Å². The lowest BCUT2D eigenvalue weighted by Crippen LogP contribution is -2.15. The average Bonchev–Trinajstić information content (AvgIpc) is 2.36. The molecule has 2 aromatic rings. The highest BCUT2D eigenvalue weighted by Crippen LogP contribution is 2.14. The van der Waals surface area contributed by atoms with E-state index < -0.39 is 0 Å². The predicted octanol–water partition coefficient (Wildman–Crippen LogP) is 1.84. The number of hydrazone groups is 1. The summed E-state index contributed by atoms with van der Waals surface area (Å²) in [4.78, 5) is 13.9. The first-order chi connectivity index (χ1) is 9.47. The fraction of sp³-hybridized carbons (Fsp3) is 0.286. The van der Waals surface area contributed by atoms with Gasteiger partial charge >= 0.3 is 0 Å². The van der Waals surface area contributed by atoms with Crippen molar-refractivity contribution in [3.63, 3.8) is 0 Å². The fourth-order valence-corrected chi connectivity index (χ4v) is 2.00. The number of anilines is 1. The Hall–Kier alpha value is -2.50. The fourth-order valence-electron chi connectivity index (χ4n) is 2.00. The van der Waals surface area contributed by atoms with Gasteiger partial charge in [-0.1, -0.05) is 17.7 Å². The zero-order valence-corrected chi connectivity index (χ0v) is 12.0. The highest BCUT2D eigenvalue weighted by Gasteiger charge is 2.01. The summed E-state index contributed by atoms with van der Waals surface area (Å²) >= 11 is 0. The first-order valence-corrected chi connectivity index (χ1v) is 6.28. The minimum atomic E-state index is -0.277. The molecular weight excluding hydrogens is 254 g/mol. The van der Waals surface area contributed by atoms with Crippen LogP contribution in [0.25, 0.3) is 0 Å². The maximum Gasteiger partial charge on any atom is 0.274 e. The van der Waals surface area contributed by atoms with Gasteiger partial charge in [0.1, 0.15) is 5.69 Å². The molecule has 0 aliphatic carbocycles. The molecule has 0 atom stereocenters.